The van der Waals surface area contributed by atoms with Crippen molar-refractivity contribution in [1.82, 2.24) is 20.4 Å². The van der Waals surface area contributed by atoms with Crippen LogP contribution in [0.5, 0.6) is 5.75 Å². The van der Waals surface area contributed by atoms with Gasteiger partial charge in [0.05, 0.1) is 12.5 Å². The third-order valence-corrected chi connectivity index (χ3v) is 6.30. The first kappa shape index (κ1) is 20.4. The fourth-order valence-electron chi connectivity index (χ4n) is 4.88. The molecule has 1 aromatic carbocycles. The van der Waals surface area contributed by atoms with Gasteiger partial charge in [-0.15, -0.1) is 0 Å². The lowest BCUT2D eigenvalue weighted by molar-refractivity contribution is -0.133. The summed E-state index contributed by atoms with van der Waals surface area (Å²) in [5.74, 6) is 1.90. The first-order valence-electron chi connectivity index (χ1n) is 10.4. The summed E-state index contributed by atoms with van der Waals surface area (Å²) in [6, 6.07) is 7.08. The van der Waals surface area contributed by atoms with Gasteiger partial charge in [0.2, 0.25) is 11.8 Å². The van der Waals surface area contributed by atoms with E-state index in [-0.39, 0.29) is 29.7 Å². The zero-order valence-corrected chi connectivity index (χ0v) is 17.8. The number of fused-ring (bicyclic) bond motifs is 1. The molecular weight excluding hydrogens is 384 g/mol. The largest absolute Gasteiger partial charge is 0.497 e. The van der Waals surface area contributed by atoms with Crippen molar-refractivity contribution < 1.29 is 18.8 Å². The molecule has 4 rings (SSSR count). The summed E-state index contributed by atoms with van der Waals surface area (Å²) >= 11 is 0. The molecule has 1 saturated heterocycles. The minimum absolute atomic E-state index is 0.0304. The number of amides is 2. The fourth-order valence-corrected chi connectivity index (χ4v) is 4.88. The summed E-state index contributed by atoms with van der Waals surface area (Å²) < 4.78 is 10.8. The van der Waals surface area contributed by atoms with Crippen molar-refractivity contribution in [3.63, 3.8) is 0 Å². The first-order valence-corrected chi connectivity index (χ1v) is 10.4. The SMILES string of the molecule is COc1cccc(C(=O)N[C@@H]2C[C@H]3CN(C(=O)C(C)C)C[C@@]3(c3nc(C)no3)C2)c1. The molecule has 1 aromatic heterocycles. The number of aromatic nitrogens is 2. The van der Waals surface area contributed by atoms with E-state index < -0.39 is 5.41 Å². The van der Waals surface area contributed by atoms with Gasteiger partial charge in [-0.2, -0.15) is 4.98 Å². The van der Waals surface area contributed by atoms with E-state index in [1.807, 2.05) is 24.8 Å². The number of nitrogens with zero attached hydrogens (tertiary/aromatic N) is 3. The maximum Gasteiger partial charge on any atom is 0.251 e. The molecule has 3 atom stereocenters. The van der Waals surface area contributed by atoms with Crippen LogP contribution < -0.4 is 10.1 Å². The van der Waals surface area contributed by atoms with Crippen LogP contribution in [0.2, 0.25) is 0 Å². The van der Waals surface area contributed by atoms with Crippen molar-refractivity contribution in [2.45, 2.75) is 45.1 Å². The Hall–Kier alpha value is -2.90. The van der Waals surface area contributed by atoms with Crippen LogP contribution in [-0.4, -0.2) is 53.1 Å². The Morgan fingerprint density at radius 3 is 2.83 bits per heavy atom. The molecule has 0 radical (unpaired) electrons. The number of methoxy groups -OCH3 is 1. The highest BCUT2D eigenvalue weighted by molar-refractivity contribution is 5.94. The minimum atomic E-state index is -0.419. The first-order chi connectivity index (χ1) is 14.3. The van der Waals surface area contributed by atoms with Crippen LogP contribution >= 0.6 is 0 Å². The van der Waals surface area contributed by atoms with Crippen molar-refractivity contribution >= 4 is 11.8 Å². The van der Waals surface area contributed by atoms with E-state index in [4.69, 9.17) is 9.26 Å². The van der Waals surface area contributed by atoms with Gasteiger partial charge in [0.15, 0.2) is 5.82 Å². The van der Waals surface area contributed by atoms with E-state index in [2.05, 4.69) is 15.5 Å². The molecule has 8 nitrogen and oxygen atoms in total. The van der Waals surface area contributed by atoms with Gasteiger partial charge in [-0.1, -0.05) is 25.1 Å². The Morgan fingerprint density at radius 2 is 2.17 bits per heavy atom. The molecule has 2 aromatic rings. The number of carbonyl (C=O) groups is 2. The second kappa shape index (κ2) is 7.74. The molecular formula is C22H28N4O4. The average molecular weight is 412 g/mol. The number of benzene rings is 1. The summed E-state index contributed by atoms with van der Waals surface area (Å²) in [6.45, 7) is 6.81. The highest BCUT2D eigenvalue weighted by Crippen LogP contribution is 2.50. The van der Waals surface area contributed by atoms with Crippen molar-refractivity contribution in [2.75, 3.05) is 20.2 Å². The zero-order chi connectivity index (χ0) is 21.5. The van der Waals surface area contributed by atoms with Crippen molar-refractivity contribution in [2.24, 2.45) is 11.8 Å². The lowest BCUT2D eigenvalue weighted by atomic mass is 9.80. The Morgan fingerprint density at radius 1 is 1.37 bits per heavy atom. The topological polar surface area (TPSA) is 97.6 Å². The Labute approximate surface area is 176 Å². The predicted octanol–water partition coefficient (Wildman–Crippen LogP) is 2.33. The Kier molecular flexibility index (Phi) is 5.26. The van der Waals surface area contributed by atoms with Crippen LogP contribution in [0, 0.1) is 18.8 Å². The lowest BCUT2D eigenvalue weighted by Crippen LogP contribution is -2.40. The minimum Gasteiger partial charge on any atom is -0.497 e. The molecule has 1 aliphatic heterocycles. The molecule has 0 spiro atoms. The van der Waals surface area contributed by atoms with E-state index in [0.717, 1.165) is 6.42 Å². The van der Waals surface area contributed by atoms with Crippen molar-refractivity contribution in [3.05, 3.63) is 41.5 Å². The summed E-state index contributed by atoms with van der Waals surface area (Å²) in [4.78, 5) is 31.9. The molecule has 2 amide bonds. The molecule has 1 aliphatic carbocycles. The Balaban J connectivity index is 1.54. The van der Waals surface area contributed by atoms with Gasteiger partial charge in [0.25, 0.3) is 5.91 Å². The van der Waals surface area contributed by atoms with Crippen molar-refractivity contribution in [3.8, 4) is 5.75 Å². The van der Waals surface area contributed by atoms with Crippen LogP contribution in [0.4, 0.5) is 0 Å². The van der Waals surface area contributed by atoms with Gasteiger partial charge in [-0.05, 0) is 43.9 Å². The third kappa shape index (κ3) is 3.55. The maximum absolute atomic E-state index is 12.8. The monoisotopic (exact) mass is 412 g/mol. The smallest absolute Gasteiger partial charge is 0.251 e. The molecule has 2 aliphatic rings. The Bertz CT molecular complexity index is 956. The predicted molar refractivity (Wildman–Crippen MR) is 109 cm³/mol. The number of aryl methyl sites for hydroxylation is 1. The summed E-state index contributed by atoms with van der Waals surface area (Å²) in [5, 5.41) is 7.14. The number of hydrogen-bond acceptors (Lipinski definition) is 6. The molecule has 160 valence electrons. The standard InChI is InChI=1S/C22H28N4O4/c1-13(2)20(28)26-11-16-9-17(10-22(16,12-26)21-23-14(3)25-30-21)24-19(27)15-6-5-7-18(8-15)29-4/h5-8,13,16-17H,9-12H2,1-4H3,(H,24,27)/t16-,17+,22-/m0/s1. The van der Waals surface area contributed by atoms with E-state index in [0.29, 0.717) is 42.5 Å². The average Bonchev–Trinajstić information content (AvgIpc) is 3.40. The van der Waals surface area contributed by atoms with Crippen LogP contribution in [0.25, 0.3) is 0 Å². The summed E-state index contributed by atoms with van der Waals surface area (Å²) in [6.07, 6.45) is 1.43. The second-order valence-corrected chi connectivity index (χ2v) is 8.72. The highest BCUT2D eigenvalue weighted by atomic mass is 16.5. The van der Waals surface area contributed by atoms with E-state index in [1.165, 1.54) is 0 Å². The van der Waals surface area contributed by atoms with E-state index >= 15 is 0 Å². The van der Waals surface area contributed by atoms with Gasteiger partial charge in [0, 0.05) is 30.6 Å². The highest BCUT2D eigenvalue weighted by Gasteiger charge is 2.58. The third-order valence-electron chi connectivity index (χ3n) is 6.30. The maximum atomic E-state index is 12.8. The molecule has 1 N–H and O–H groups in total. The number of ether oxygens (including phenoxy) is 1. The number of rotatable bonds is 5. The van der Waals surface area contributed by atoms with Crippen LogP contribution in [0.1, 0.15) is 48.8 Å². The van der Waals surface area contributed by atoms with Crippen LogP contribution in [0.3, 0.4) is 0 Å². The lowest BCUT2D eigenvalue weighted by Gasteiger charge is -2.26. The van der Waals surface area contributed by atoms with Crippen LogP contribution in [-0.2, 0) is 10.2 Å². The van der Waals surface area contributed by atoms with Crippen molar-refractivity contribution in [1.29, 1.82) is 0 Å². The molecule has 0 unspecified atom stereocenters. The summed E-state index contributed by atoms with van der Waals surface area (Å²) in [7, 11) is 1.58. The summed E-state index contributed by atoms with van der Waals surface area (Å²) in [5.41, 5.74) is 0.142. The fraction of sp³-hybridized carbons (Fsp3) is 0.545. The van der Waals surface area contributed by atoms with Gasteiger partial charge in [-0.3, -0.25) is 9.59 Å². The molecule has 1 saturated carbocycles. The molecule has 30 heavy (non-hydrogen) atoms. The number of likely N-dealkylation sites (tertiary alicyclic amines) is 1. The molecule has 2 fully saturated rings. The number of hydrogen-bond donors (Lipinski definition) is 1. The molecule has 8 heteroatoms. The second-order valence-electron chi connectivity index (χ2n) is 8.72. The number of carbonyl (C=O) groups excluding carboxylic acids is 2. The molecule has 2 heterocycles. The van der Waals surface area contributed by atoms with E-state index in [9.17, 15) is 9.59 Å². The van der Waals surface area contributed by atoms with E-state index in [1.54, 1.807) is 32.2 Å². The van der Waals surface area contributed by atoms with Gasteiger partial charge in [-0.25, -0.2) is 0 Å². The molecule has 0 bridgehead atoms. The quantitative estimate of drug-likeness (QED) is 0.810. The van der Waals surface area contributed by atoms with Gasteiger partial charge < -0.3 is 19.5 Å². The zero-order valence-electron chi connectivity index (χ0n) is 17.8. The normalized spacial score (nSPS) is 25.4. The number of nitrogens with one attached hydrogen (secondary N) is 1. The van der Waals surface area contributed by atoms with Crippen LogP contribution in [0.15, 0.2) is 28.8 Å². The van der Waals surface area contributed by atoms with Gasteiger partial charge >= 0.3 is 0 Å². The van der Waals surface area contributed by atoms with Gasteiger partial charge in [0.1, 0.15) is 5.75 Å².